The Bertz CT molecular complexity index is 78.1. The van der Waals surface area contributed by atoms with Crippen LogP contribution in [0.3, 0.4) is 0 Å². The average molecular weight is 97.1 g/mol. The standard InChI is InChI=1S/C5H9N2/c1-5-3-4-7(2)6-5/h3,5-6H,1-2H3. The zero-order valence-corrected chi connectivity index (χ0v) is 4.60. The van der Waals surface area contributed by atoms with Gasteiger partial charge in [0, 0.05) is 13.1 Å². The molecule has 0 saturated carbocycles. The van der Waals surface area contributed by atoms with E-state index in [-0.39, 0.29) is 0 Å². The molecule has 2 heteroatoms. The predicted octanol–water partition coefficient (Wildman–Crippen LogP) is 0.142. The second-order valence-corrected chi connectivity index (χ2v) is 1.77. The Morgan fingerprint density at radius 3 is 2.71 bits per heavy atom. The van der Waals surface area contributed by atoms with Crippen molar-refractivity contribution in [2.45, 2.75) is 13.0 Å². The van der Waals surface area contributed by atoms with E-state index in [0.717, 1.165) is 0 Å². The summed E-state index contributed by atoms with van der Waals surface area (Å²) >= 11 is 0. The van der Waals surface area contributed by atoms with E-state index < -0.39 is 0 Å². The molecule has 1 atom stereocenters. The van der Waals surface area contributed by atoms with E-state index in [9.17, 15) is 0 Å². The van der Waals surface area contributed by atoms with Crippen molar-refractivity contribution in [3.05, 3.63) is 12.3 Å². The minimum atomic E-state index is 0.463. The lowest BCUT2D eigenvalue weighted by atomic mass is 10.4. The van der Waals surface area contributed by atoms with Crippen LogP contribution < -0.4 is 5.43 Å². The Morgan fingerprint density at radius 1 is 1.86 bits per heavy atom. The molecular formula is C5H9N2. The molecule has 0 amide bonds. The minimum absolute atomic E-state index is 0.463. The summed E-state index contributed by atoms with van der Waals surface area (Å²) in [6.45, 7) is 2.08. The second-order valence-electron chi connectivity index (χ2n) is 1.77. The van der Waals surface area contributed by atoms with Gasteiger partial charge in [0.2, 0.25) is 0 Å². The quantitative estimate of drug-likeness (QED) is 0.462. The third kappa shape index (κ3) is 0.933. The highest BCUT2D eigenvalue weighted by molar-refractivity contribution is 4.89. The Labute approximate surface area is 43.8 Å². The summed E-state index contributed by atoms with van der Waals surface area (Å²) in [5.41, 5.74) is 3.08. The maximum absolute atomic E-state index is 3.08. The number of rotatable bonds is 0. The van der Waals surface area contributed by atoms with Crippen molar-refractivity contribution < 1.29 is 0 Å². The van der Waals surface area contributed by atoms with Crippen LogP contribution in [0.25, 0.3) is 0 Å². The first-order chi connectivity index (χ1) is 3.29. The van der Waals surface area contributed by atoms with Crippen LogP contribution in [0.4, 0.5) is 0 Å². The number of nitrogens with zero attached hydrogens (tertiary/aromatic N) is 1. The van der Waals surface area contributed by atoms with E-state index in [1.807, 2.05) is 18.1 Å². The minimum Gasteiger partial charge on any atom is -0.309 e. The second kappa shape index (κ2) is 1.54. The third-order valence-corrected chi connectivity index (χ3v) is 0.915. The first-order valence-corrected chi connectivity index (χ1v) is 2.38. The molecule has 1 unspecified atom stereocenters. The normalized spacial score (nSPS) is 29.4. The summed E-state index contributed by atoms with van der Waals surface area (Å²) in [6, 6.07) is 0.463. The zero-order chi connectivity index (χ0) is 5.28. The molecule has 1 aliphatic heterocycles. The molecular weight excluding hydrogens is 88.1 g/mol. The van der Waals surface area contributed by atoms with Gasteiger partial charge >= 0.3 is 0 Å². The maximum Gasteiger partial charge on any atom is 0.0737 e. The number of hydrogen-bond donors (Lipinski definition) is 1. The van der Waals surface area contributed by atoms with Gasteiger partial charge in [-0.1, -0.05) is 0 Å². The number of nitrogens with one attached hydrogen (secondary N) is 1. The van der Waals surface area contributed by atoms with Crippen molar-refractivity contribution in [1.82, 2.24) is 10.4 Å². The first-order valence-electron chi connectivity index (χ1n) is 2.38. The third-order valence-electron chi connectivity index (χ3n) is 0.915. The molecule has 0 fully saturated rings. The fraction of sp³-hybridized carbons (Fsp3) is 0.600. The molecule has 0 saturated heterocycles. The number of hydrazine groups is 1. The molecule has 1 radical (unpaired) electrons. The van der Waals surface area contributed by atoms with Crippen LogP contribution in [0.5, 0.6) is 0 Å². The van der Waals surface area contributed by atoms with Gasteiger partial charge in [-0.05, 0) is 13.0 Å². The van der Waals surface area contributed by atoms with Gasteiger partial charge in [0.15, 0.2) is 0 Å². The van der Waals surface area contributed by atoms with Crippen molar-refractivity contribution in [2.24, 2.45) is 0 Å². The predicted molar refractivity (Wildman–Crippen MR) is 28.2 cm³/mol. The van der Waals surface area contributed by atoms with Gasteiger partial charge in [-0.2, -0.15) is 0 Å². The van der Waals surface area contributed by atoms with Crippen LogP contribution in [-0.2, 0) is 0 Å². The van der Waals surface area contributed by atoms with Crippen molar-refractivity contribution >= 4 is 0 Å². The SMILES string of the molecule is CC1C=[C]N(C)N1. The molecule has 0 aromatic carbocycles. The van der Waals surface area contributed by atoms with Gasteiger partial charge in [0.25, 0.3) is 0 Å². The molecule has 0 spiro atoms. The van der Waals surface area contributed by atoms with Gasteiger partial charge in [-0.25, -0.2) is 5.43 Å². The van der Waals surface area contributed by atoms with E-state index in [1.165, 1.54) is 0 Å². The Kier molecular flexibility index (Phi) is 1.02. The first kappa shape index (κ1) is 4.65. The van der Waals surface area contributed by atoms with Crippen molar-refractivity contribution in [2.75, 3.05) is 7.05 Å². The Morgan fingerprint density at radius 2 is 2.57 bits per heavy atom. The van der Waals surface area contributed by atoms with Crippen LogP contribution >= 0.6 is 0 Å². The van der Waals surface area contributed by atoms with Crippen LogP contribution in [0.1, 0.15) is 6.92 Å². The van der Waals surface area contributed by atoms with E-state index in [0.29, 0.717) is 6.04 Å². The molecule has 1 aliphatic rings. The summed E-state index contributed by atoms with van der Waals surface area (Å²) in [6.07, 6.45) is 4.95. The van der Waals surface area contributed by atoms with E-state index >= 15 is 0 Å². The highest BCUT2D eigenvalue weighted by atomic mass is 15.5. The summed E-state index contributed by atoms with van der Waals surface area (Å²) in [5.74, 6) is 0. The zero-order valence-electron chi connectivity index (χ0n) is 4.60. The molecule has 1 heterocycles. The van der Waals surface area contributed by atoms with E-state index in [2.05, 4.69) is 18.5 Å². The molecule has 2 nitrogen and oxygen atoms in total. The topological polar surface area (TPSA) is 15.3 Å². The van der Waals surface area contributed by atoms with Crippen molar-refractivity contribution in [3.63, 3.8) is 0 Å². The van der Waals surface area contributed by atoms with Gasteiger partial charge in [0.05, 0.1) is 6.20 Å². The summed E-state index contributed by atoms with van der Waals surface area (Å²) in [5, 5.41) is 1.82. The van der Waals surface area contributed by atoms with Gasteiger partial charge in [0.1, 0.15) is 0 Å². The molecule has 0 bridgehead atoms. The van der Waals surface area contributed by atoms with E-state index in [4.69, 9.17) is 0 Å². The van der Waals surface area contributed by atoms with Crippen molar-refractivity contribution in [3.8, 4) is 0 Å². The Hall–Kier alpha value is -0.500. The van der Waals surface area contributed by atoms with Crippen molar-refractivity contribution in [1.29, 1.82) is 0 Å². The van der Waals surface area contributed by atoms with Gasteiger partial charge in [-0.3, -0.25) is 0 Å². The summed E-state index contributed by atoms with van der Waals surface area (Å²) in [4.78, 5) is 0. The smallest absolute Gasteiger partial charge is 0.0737 e. The fourth-order valence-electron chi connectivity index (χ4n) is 0.604. The molecule has 0 aliphatic carbocycles. The van der Waals surface area contributed by atoms with Crippen LogP contribution in [0, 0.1) is 6.20 Å². The fourth-order valence-corrected chi connectivity index (χ4v) is 0.604. The molecule has 0 aromatic rings. The highest BCUT2D eigenvalue weighted by Gasteiger charge is 2.03. The largest absolute Gasteiger partial charge is 0.309 e. The molecule has 1 rings (SSSR count). The molecule has 39 valence electrons. The van der Waals surface area contributed by atoms with Crippen LogP contribution in [0.2, 0.25) is 0 Å². The number of hydrogen-bond acceptors (Lipinski definition) is 2. The Balaban J connectivity index is 2.42. The summed E-state index contributed by atoms with van der Waals surface area (Å²) in [7, 11) is 1.93. The monoisotopic (exact) mass is 97.1 g/mol. The lowest BCUT2D eigenvalue weighted by Crippen LogP contribution is -2.30. The van der Waals surface area contributed by atoms with Gasteiger partial charge in [-0.15, -0.1) is 0 Å². The van der Waals surface area contributed by atoms with Gasteiger partial charge < -0.3 is 5.01 Å². The lowest BCUT2D eigenvalue weighted by molar-refractivity contribution is 0.326. The maximum atomic E-state index is 3.08. The highest BCUT2D eigenvalue weighted by Crippen LogP contribution is 1.93. The molecule has 0 aromatic heterocycles. The summed E-state index contributed by atoms with van der Waals surface area (Å²) < 4.78 is 0. The molecule has 1 N–H and O–H groups in total. The lowest BCUT2D eigenvalue weighted by Gasteiger charge is -2.08. The van der Waals surface area contributed by atoms with Crippen LogP contribution in [-0.4, -0.2) is 18.1 Å². The average Bonchev–Trinajstić information content (AvgIpc) is 1.87. The molecule has 7 heavy (non-hydrogen) atoms. The van der Waals surface area contributed by atoms with E-state index in [1.54, 1.807) is 0 Å². The van der Waals surface area contributed by atoms with Crippen LogP contribution in [0.15, 0.2) is 6.08 Å².